The second-order valence-corrected chi connectivity index (χ2v) is 6.28. The van der Waals surface area contributed by atoms with Crippen LogP contribution < -0.4 is 16.0 Å². The highest BCUT2D eigenvalue weighted by atomic mass is 16.6. The van der Waals surface area contributed by atoms with Gasteiger partial charge in [-0.3, -0.25) is 19.6 Å². The fourth-order valence-corrected chi connectivity index (χ4v) is 3.10. The molecule has 3 aromatic rings. The standard InChI is InChI=1S/C18H15N5O8/c1-31-11-3-2-8(4-9(11)6-22-7-10(5-20-22)23(29)30)12-13(17(25)26)15(19)21-16(24)14(12)18(27)28/h2-5,7H,6H2,1H3,(H,25,26)(H,27,28)(H3,19,21,24). The normalized spacial score (nSPS) is 10.6. The lowest BCUT2D eigenvalue weighted by Crippen LogP contribution is -2.24. The minimum Gasteiger partial charge on any atom is -0.496 e. The van der Waals surface area contributed by atoms with Crippen LogP contribution in [0.4, 0.5) is 11.5 Å². The average Bonchev–Trinajstić information content (AvgIpc) is 3.15. The maximum Gasteiger partial charge on any atom is 0.342 e. The van der Waals surface area contributed by atoms with E-state index in [-0.39, 0.29) is 23.4 Å². The van der Waals surface area contributed by atoms with Gasteiger partial charge in [0.2, 0.25) is 0 Å². The van der Waals surface area contributed by atoms with Gasteiger partial charge in [0.25, 0.3) is 5.56 Å². The molecule has 13 nitrogen and oxygen atoms in total. The number of nitro groups is 1. The fraction of sp³-hybridized carbons (Fsp3) is 0.111. The van der Waals surface area contributed by atoms with Crippen molar-refractivity contribution in [3.8, 4) is 16.9 Å². The number of nitrogens with zero attached hydrogens (tertiary/aromatic N) is 3. The zero-order chi connectivity index (χ0) is 22.9. The van der Waals surface area contributed by atoms with Crippen LogP contribution in [-0.2, 0) is 6.54 Å². The number of aromatic carboxylic acids is 2. The number of carboxylic acids is 2. The lowest BCUT2D eigenvalue weighted by atomic mass is 9.94. The molecule has 0 spiro atoms. The van der Waals surface area contributed by atoms with Crippen LogP contribution >= 0.6 is 0 Å². The van der Waals surface area contributed by atoms with Crippen molar-refractivity contribution in [3.63, 3.8) is 0 Å². The SMILES string of the molecule is COc1ccc(-c2c(C(=O)O)c(N)[nH]c(=O)c2C(=O)O)cc1Cn1cc([N+](=O)[O-])cn1. The number of nitrogens with one attached hydrogen (secondary N) is 1. The van der Waals surface area contributed by atoms with E-state index in [1.54, 1.807) is 0 Å². The molecule has 0 aliphatic carbocycles. The van der Waals surface area contributed by atoms with Crippen molar-refractivity contribution in [3.05, 3.63) is 67.8 Å². The second kappa shape index (κ2) is 7.98. The smallest absolute Gasteiger partial charge is 0.342 e. The van der Waals surface area contributed by atoms with Crippen molar-refractivity contribution in [1.82, 2.24) is 14.8 Å². The van der Waals surface area contributed by atoms with Crippen LogP contribution in [0.1, 0.15) is 26.3 Å². The first-order valence-electron chi connectivity index (χ1n) is 8.50. The van der Waals surface area contributed by atoms with Gasteiger partial charge in [-0.15, -0.1) is 0 Å². The van der Waals surface area contributed by atoms with Gasteiger partial charge in [0.05, 0.1) is 18.6 Å². The van der Waals surface area contributed by atoms with Crippen molar-refractivity contribution in [2.75, 3.05) is 12.8 Å². The summed E-state index contributed by atoms with van der Waals surface area (Å²) >= 11 is 0. The van der Waals surface area contributed by atoms with E-state index in [0.717, 1.165) is 6.20 Å². The Kier molecular flexibility index (Phi) is 5.42. The minimum absolute atomic E-state index is 0.0195. The van der Waals surface area contributed by atoms with Crippen LogP contribution in [0, 0.1) is 10.1 Å². The van der Waals surface area contributed by atoms with Crippen LogP contribution in [0.5, 0.6) is 5.75 Å². The van der Waals surface area contributed by atoms with E-state index >= 15 is 0 Å². The number of hydrogen-bond acceptors (Lipinski definition) is 8. The van der Waals surface area contributed by atoms with E-state index in [0.29, 0.717) is 11.3 Å². The summed E-state index contributed by atoms with van der Waals surface area (Å²) < 4.78 is 6.52. The largest absolute Gasteiger partial charge is 0.496 e. The molecule has 3 rings (SSSR count). The molecule has 0 saturated heterocycles. The number of carbonyl (C=O) groups is 2. The number of aromatic nitrogens is 3. The van der Waals surface area contributed by atoms with Gasteiger partial charge in [-0.25, -0.2) is 9.59 Å². The number of methoxy groups -OCH3 is 1. The zero-order valence-corrected chi connectivity index (χ0v) is 15.9. The molecule has 0 unspecified atom stereocenters. The molecule has 160 valence electrons. The third-order valence-corrected chi connectivity index (χ3v) is 4.40. The lowest BCUT2D eigenvalue weighted by molar-refractivity contribution is -0.385. The number of H-pyrrole nitrogens is 1. The van der Waals surface area contributed by atoms with Crippen molar-refractivity contribution in [2.24, 2.45) is 0 Å². The summed E-state index contributed by atoms with van der Waals surface area (Å²) in [4.78, 5) is 48.0. The van der Waals surface area contributed by atoms with Crippen LogP contribution in [0.2, 0.25) is 0 Å². The number of carboxylic acid groups (broad SMARTS) is 2. The molecular weight excluding hydrogens is 414 g/mol. The van der Waals surface area contributed by atoms with E-state index < -0.39 is 39.4 Å². The van der Waals surface area contributed by atoms with Gasteiger partial charge in [-0.1, -0.05) is 6.07 Å². The molecule has 0 saturated carbocycles. The number of hydrogen-bond donors (Lipinski definition) is 4. The van der Waals surface area contributed by atoms with Gasteiger partial charge in [0.15, 0.2) is 0 Å². The average molecular weight is 429 g/mol. The molecule has 0 aliphatic rings. The van der Waals surface area contributed by atoms with Crippen LogP contribution in [-0.4, -0.2) is 48.9 Å². The van der Waals surface area contributed by atoms with Gasteiger partial charge in [-0.2, -0.15) is 5.10 Å². The maximum absolute atomic E-state index is 12.2. The van der Waals surface area contributed by atoms with Crippen molar-refractivity contribution < 1.29 is 29.5 Å². The van der Waals surface area contributed by atoms with Crippen molar-refractivity contribution in [2.45, 2.75) is 6.54 Å². The highest BCUT2D eigenvalue weighted by molar-refractivity contribution is 6.07. The Morgan fingerprint density at radius 3 is 2.52 bits per heavy atom. The number of pyridine rings is 1. The Bertz CT molecular complexity index is 1280. The fourth-order valence-electron chi connectivity index (χ4n) is 3.10. The summed E-state index contributed by atoms with van der Waals surface area (Å²) in [5, 5.41) is 33.8. The first kappa shape index (κ1) is 21.0. The van der Waals surface area contributed by atoms with Gasteiger partial charge in [0.1, 0.15) is 35.1 Å². The lowest BCUT2D eigenvalue weighted by Gasteiger charge is -2.15. The quantitative estimate of drug-likeness (QED) is 0.312. The van der Waals surface area contributed by atoms with Crippen LogP contribution in [0.3, 0.4) is 0 Å². The minimum atomic E-state index is -1.64. The summed E-state index contributed by atoms with van der Waals surface area (Å²) in [5.74, 6) is -3.35. The molecule has 2 heterocycles. The summed E-state index contributed by atoms with van der Waals surface area (Å²) in [6, 6.07) is 4.22. The molecule has 0 radical (unpaired) electrons. The number of benzene rings is 1. The Hall–Kier alpha value is -4.68. The number of rotatable bonds is 7. The maximum atomic E-state index is 12.2. The molecule has 0 atom stereocenters. The van der Waals surface area contributed by atoms with E-state index in [1.807, 2.05) is 4.98 Å². The summed E-state index contributed by atoms with van der Waals surface area (Å²) in [6.45, 7) is -0.0195. The Balaban J connectivity index is 2.23. The molecule has 0 amide bonds. The molecule has 0 bridgehead atoms. The Labute approximate surface area is 172 Å². The number of aromatic amines is 1. The number of nitrogen functional groups attached to an aromatic ring is 1. The molecule has 13 heteroatoms. The zero-order valence-electron chi connectivity index (χ0n) is 15.9. The highest BCUT2D eigenvalue weighted by Crippen LogP contribution is 2.33. The molecule has 1 aromatic carbocycles. The van der Waals surface area contributed by atoms with Gasteiger partial charge in [0, 0.05) is 11.1 Å². The predicted molar refractivity (Wildman–Crippen MR) is 105 cm³/mol. The monoisotopic (exact) mass is 429 g/mol. The number of ether oxygens (including phenoxy) is 1. The third-order valence-electron chi connectivity index (χ3n) is 4.40. The van der Waals surface area contributed by atoms with Gasteiger partial charge < -0.3 is 25.7 Å². The molecule has 5 N–H and O–H groups in total. The first-order chi connectivity index (χ1) is 14.6. The van der Waals surface area contributed by atoms with Crippen LogP contribution in [0.15, 0.2) is 35.4 Å². The molecule has 0 fully saturated rings. The van der Waals surface area contributed by atoms with E-state index in [1.165, 1.54) is 36.2 Å². The third kappa shape index (κ3) is 3.91. The number of anilines is 1. The summed E-state index contributed by atoms with van der Waals surface area (Å²) in [7, 11) is 1.38. The molecule has 2 aromatic heterocycles. The molecule has 0 aliphatic heterocycles. The van der Waals surface area contributed by atoms with Crippen LogP contribution in [0.25, 0.3) is 11.1 Å². The molecular formula is C18H15N5O8. The summed E-state index contributed by atoms with van der Waals surface area (Å²) in [6.07, 6.45) is 2.24. The number of nitrogens with two attached hydrogens (primary N) is 1. The van der Waals surface area contributed by atoms with Gasteiger partial charge in [-0.05, 0) is 17.7 Å². The second-order valence-electron chi connectivity index (χ2n) is 6.28. The van der Waals surface area contributed by atoms with E-state index in [2.05, 4.69) is 5.10 Å². The highest BCUT2D eigenvalue weighted by Gasteiger charge is 2.27. The summed E-state index contributed by atoms with van der Waals surface area (Å²) in [5.41, 5.74) is 3.06. The predicted octanol–water partition coefficient (Wildman–Crippen LogP) is 1.18. The topological polar surface area (TPSA) is 204 Å². The van der Waals surface area contributed by atoms with Crippen molar-refractivity contribution in [1.29, 1.82) is 0 Å². The first-order valence-corrected chi connectivity index (χ1v) is 8.50. The van der Waals surface area contributed by atoms with Gasteiger partial charge >= 0.3 is 17.6 Å². The Morgan fingerprint density at radius 2 is 1.97 bits per heavy atom. The Morgan fingerprint density at radius 1 is 1.29 bits per heavy atom. The van der Waals surface area contributed by atoms with E-state index in [4.69, 9.17) is 10.5 Å². The van der Waals surface area contributed by atoms with Crippen molar-refractivity contribution >= 4 is 23.4 Å². The van der Waals surface area contributed by atoms with E-state index in [9.17, 15) is 34.7 Å². The molecule has 31 heavy (non-hydrogen) atoms.